The van der Waals surface area contributed by atoms with Crippen molar-refractivity contribution in [2.24, 2.45) is 0 Å². The van der Waals surface area contributed by atoms with E-state index in [9.17, 15) is 0 Å². The van der Waals surface area contributed by atoms with Gasteiger partial charge in [-0.3, -0.25) is 0 Å². The third-order valence-corrected chi connectivity index (χ3v) is 2.28. The number of aliphatic hydroxyl groups is 2. The van der Waals surface area contributed by atoms with Crippen molar-refractivity contribution < 1.29 is 10.2 Å². The molecule has 0 spiro atoms. The van der Waals surface area contributed by atoms with Crippen LogP contribution in [-0.4, -0.2) is 36.5 Å². The summed E-state index contributed by atoms with van der Waals surface area (Å²) in [6, 6.07) is 0.554. The first-order valence-electron chi connectivity index (χ1n) is 3.90. The highest BCUT2D eigenvalue weighted by molar-refractivity contribution is 5.24. The van der Waals surface area contributed by atoms with Crippen LogP contribution in [0.2, 0.25) is 0 Å². The topological polar surface area (TPSA) is 52.5 Å². The maximum absolute atomic E-state index is 8.78. The van der Waals surface area contributed by atoms with Crippen LogP contribution in [0.5, 0.6) is 0 Å². The van der Waals surface area contributed by atoms with Gasteiger partial charge in [0.1, 0.15) is 0 Å². The molecule has 11 heavy (non-hydrogen) atoms. The number of nitrogens with one attached hydrogen (secondary N) is 1. The van der Waals surface area contributed by atoms with Crippen molar-refractivity contribution in [1.82, 2.24) is 5.32 Å². The van der Waals surface area contributed by atoms with Crippen molar-refractivity contribution in [3.8, 4) is 0 Å². The number of aliphatic hydroxyl groups excluding tert-OH is 2. The third kappa shape index (κ3) is 1.80. The van der Waals surface area contributed by atoms with Gasteiger partial charge in [-0.25, -0.2) is 0 Å². The highest BCUT2D eigenvalue weighted by Gasteiger charge is 2.23. The minimum absolute atomic E-state index is 0.00225. The van der Waals surface area contributed by atoms with Gasteiger partial charge in [0.2, 0.25) is 0 Å². The lowest BCUT2D eigenvalue weighted by molar-refractivity contribution is 0.268. The monoisotopic (exact) mass is 157 g/mol. The van der Waals surface area contributed by atoms with Gasteiger partial charge in [-0.1, -0.05) is 5.57 Å². The summed E-state index contributed by atoms with van der Waals surface area (Å²) in [5.74, 6) is 0. The van der Waals surface area contributed by atoms with Crippen molar-refractivity contribution in [3.05, 3.63) is 11.1 Å². The maximum atomic E-state index is 8.78. The fourth-order valence-electron chi connectivity index (χ4n) is 1.30. The minimum atomic E-state index is 0.00225. The fraction of sp³-hybridized carbons (Fsp3) is 0.750. The average molecular weight is 157 g/mol. The molecule has 1 fully saturated rings. The Labute approximate surface area is 66.7 Å². The van der Waals surface area contributed by atoms with E-state index >= 15 is 0 Å². The molecule has 3 nitrogen and oxygen atoms in total. The molecule has 0 aromatic heterocycles. The lowest BCUT2D eigenvalue weighted by Gasteiger charge is -2.30. The molecule has 3 heteroatoms. The molecule has 0 aromatic carbocycles. The SMILES string of the molecule is CNC1CC(=C(CO)CO)C1. The van der Waals surface area contributed by atoms with E-state index in [1.807, 2.05) is 7.05 Å². The van der Waals surface area contributed by atoms with Gasteiger partial charge in [0.15, 0.2) is 0 Å². The second-order valence-electron chi connectivity index (χ2n) is 2.92. The minimum Gasteiger partial charge on any atom is -0.392 e. The first kappa shape index (κ1) is 8.71. The molecular formula is C8H15NO2. The van der Waals surface area contributed by atoms with Gasteiger partial charge in [-0.05, 0) is 25.5 Å². The van der Waals surface area contributed by atoms with E-state index in [0.29, 0.717) is 6.04 Å². The van der Waals surface area contributed by atoms with Crippen LogP contribution in [0.4, 0.5) is 0 Å². The molecule has 0 bridgehead atoms. The number of hydrogen-bond acceptors (Lipinski definition) is 3. The van der Waals surface area contributed by atoms with E-state index in [4.69, 9.17) is 10.2 Å². The molecule has 0 atom stereocenters. The van der Waals surface area contributed by atoms with Gasteiger partial charge in [0, 0.05) is 6.04 Å². The fourth-order valence-corrected chi connectivity index (χ4v) is 1.30. The van der Waals surface area contributed by atoms with E-state index in [2.05, 4.69) is 5.32 Å². The van der Waals surface area contributed by atoms with E-state index in [0.717, 1.165) is 18.4 Å². The first-order valence-corrected chi connectivity index (χ1v) is 3.90. The first-order chi connectivity index (χ1) is 5.31. The van der Waals surface area contributed by atoms with Crippen LogP contribution < -0.4 is 5.32 Å². The summed E-state index contributed by atoms with van der Waals surface area (Å²) in [7, 11) is 1.93. The Morgan fingerprint density at radius 3 is 2.36 bits per heavy atom. The largest absolute Gasteiger partial charge is 0.392 e. The zero-order valence-corrected chi connectivity index (χ0v) is 6.80. The molecule has 0 heterocycles. The van der Waals surface area contributed by atoms with Crippen molar-refractivity contribution in [2.75, 3.05) is 20.3 Å². The summed E-state index contributed by atoms with van der Waals surface area (Å²) in [6.07, 6.45) is 1.96. The molecule has 0 unspecified atom stereocenters. The smallest absolute Gasteiger partial charge is 0.0666 e. The lowest BCUT2D eigenvalue weighted by Crippen LogP contribution is -2.35. The molecule has 0 amide bonds. The van der Waals surface area contributed by atoms with Crippen molar-refractivity contribution >= 4 is 0 Å². The van der Waals surface area contributed by atoms with Crippen LogP contribution >= 0.6 is 0 Å². The highest BCUT2D eigenvalue weighted by Crippen LogP contribution is 2.28. The van der Waals surface area contributed by atoms with Crippen molar-refractivity contribution in [2.45, 2.75) is 18.9 Å². The molecule has 0 aromatic rings. The predicted molar refractivity (Wildman–Crippen MR) is 43.3 cm³/mol. The molecule has 1 aliphatic rings. The molecule has 0 saturated heterocycles. The highest BCUT2D eigenvalue weighted by atomic mass is 16.3. The van der Waals surface area contributed by atoms with E-state index in [-0.39, 0.29) is 13.2 Å². The molecule has 0 radical (unpaired) electrons. The summed E-state index contributed by atoms with van der Waals surface area (Å²) in [4.78, 5) is 0. The summed E-state index contributed by atoms with van der Waals surface area (Å²) in [5.41, 5.74) is 2.02. The molecule has 3 N–H and O–H groups in total. The maximum Gasteiger partial charge on any atom is 0.0666 e. The second kappa shape index (κ2) is 3.85. The second-order valence-corrected chi connectivity index (χ2v) is 2.92. The third-order valence-electron chi connectivity index (χ3n) is 2.28. The zero-order chi connectivity index (χ0) is 8.27. The Morgan fingerprint density at radius 2 is 2.00 bits per heavy atom. The van der Waals surface area contributed by atoms with Crippen LogP contribution in [0.1, 0.15) is 12.8 Å². The van der Waals surface area contributed by atoms with Gasteiger partial charge in [-0.15, -0.1) is 0 Å². The average Bonchev–Trinajstić information content (AvgIpc) is 1.95. The Balaban J connectivity index is 2.43. The van der Waals surface area contributed by atoms with Crippen LogP contribution in [0.25, 0.3) is 0 Å². The van der Waals surface area contributed by atoms with Gasteiger partial charge in [0.05, 0.1) is 13.2 Å². The lowest BCUT2D eigenvalue weighted by atomic mass is 9.83. The van der Waals surface area contributed by atoms with Crippen molar-refractivity contribution in [3.63, 3.8) is 0 Å². The predicted octanol–water partition coefficient (Wildman–Crippen LogP) is -0.351. The Bertz CT molecular complexity index is 151. The van der Waals surface area contributed by atoms with Crippen LogP contribution in [0.3, 0.4) is 0 Å². The molecule has 64 valence electrons. The Kier molecular flexibility index (Phi) is 3.05. The summed E-state index contributed by atoms with van der Waals surface area (Å²) in [6.45, 7) is 0.00450. The van der Waals surface area contributed by atoms with Crippen LogP contribution in [0, 0.1) is 0 Å². The molecule has 1 rings (SSSR count). The van der Waals surface area contributed by atoms with Gasteiger partial charge < -0.3 is 15.5 Å². The number of hydrogen-bond donors (Lipinski definition) is 3. The van der Waals surface area contributed by atoms with E-state index < -0.39 is 0 Å². The normalized spacial score (nSPS) is 23.2. The van der Waals surface area contributed by atoms with Gasteiger partial charge in [-0.2, -0.15) is 0 Å². The van der Waals surface area contributed by atoms with Crippen LogP contribution in [-0.2, 0) is 0 Å². The standard InChI is InChI=1S/C8H15NO2/c1-9-8-2-6(3-8)7(4-10)5-11/h8-11H,2-5H2,1H3. The summed E-state index contributed by atoms with van der Waals surface area (Å²) < 4.78 is 0. The Morgan fingerprint density at radius 1 is 1.45 bits per heavy atom. The quantitative estimate of drug-likeness (QED) is 0.491. The Hall–Kier alpha value is -0.380. The van der Waals surface area contributed by atoms with Gasteiger partial charge >= 0.3 is 0 Å². The zero-order valence-electron chi connectivity index (χ0n) is 6.80. The van der Waals surface area contributed by atoms with Crippen LogP contribution in [0.15, 0.2) is 11.1 Å². The molecule has 1 aliphatic carbocycles. The summed E-state index contributed by atoms with van der Waals surface area (Å²) in [5, 5.41) is 20.7. The molecule has 1 saturated carbocycles. The van der Waals surface area contributed by atoms with Gasteiger partial charge in [0.25, 0.3) is 0 Å². The molecular weight excluding hydrogens is 142 g/mol. The van der Waals surface area contributed by atoms with Crippen molar-refractivity contribution in [1.29, 1.82) is 0 Å². The molecule has 0 aliphatic heterocycles. The van der Waals surface area contributed by atoms with E-state index in [1.54, 1.807) is 0 Å². The number of rotatable bonds is 3. The van der Waals surface area contributed by atoms with E-state index in [1.165, 1.54) is 5.57 Å². The summed E-state index contributed by atoms with van der Waals surface area (Å²) >= 11 is 0.